The molecule has 3 heterocycles. The summed E-state index contributed by atoms with van der Waals surface area (Å²) < 4.78 is 0. The molecule has 224 valence electrons. The van der Waals surface area contributed by atoms with Crippen LogP contribution in [0.1, 0.15) is 68.4 Å². The molecule has 1 unspecified atom stereocenters. The van der Waals surface area contributed by atoms with Crippen molar-refractivity contribution in [2.24, 2.45) is 23.2 Å². The third kappa shape index (κ3) is 6.19. The van der Waals surface area contributed by atoms with Gasteiger partial charge in [0.1, 0.15) is 0 Å². The molecule has 42 heavy (non-hydrogen) atoms. The molecule has 2 aromatic carbocycles. The zero-order valence-corrected chi connectivity index (χ0v) is 26.1. The van der Waals surface area contributed by atoms with Crippen LogP contribution in [0.5, 0.6) is 0 Å². The van der Waals surface area contributed by atoms with Crippen LogP contribution in [0.3, 0.4) is 0 Å². The van der Waals surface area contributed by atoms with Crippen LogP contribution < -0.4 is 5.32 Å². The molecule has 0 spiro atoms. The first kappa shape index (κ1) is 30.1. The van der Waals surface area contributed by atoms with Gasteiger partial charge in [0.25, 0.3) is 0 Å². The van der Waals surface area contributed by atoms with Gasteiger partial charge in [0.15, 0.2) is 5.78 Å². The lowest BCUT2D eigenvalue weighted by Crippen LogP contribution is -2.44. The highest BCUT2D eigenvalue weighted by Crippen LogP contribution is 2.36. The number of anilines is 1. The van der Waals surface area contributed by atoms with Gasteiger partial charge >= 0.3 is 0 Å². The first-order chi connectivity index (χ1) is 20.0. The van der Waals surface area contributed by atoms with E-state index in [1.807, 2.05) is 54.1 Å². The van der Waals surface area contributed by atoms with E-state index in [1.165, 1.54) is 0 Å². The van der Waals surface area contributed by atoms with Crippen LogP contribution in [0.4, 0.5) is 5.69 Å². The highest BCUT2D eigenvalue weighted by molar-refractivity contribution is 6.35. The Bertz CT molecular complexity index is 1480. The lowest BCUT2D eigenvalue weighted by Gasteiger charge is -2.35. The fourth-order valence-corrected chi connectivity index (χ4v) is 6.94. The molecule has 2 aliphatic heterocycles. The number of aromatic amines is 1. The molecular weight excluding hydrogens is 550 g/mol. The van der Waals surface area contributed by atoms with E-state index < -0.39 is 5.92 Å². The minimum absolute atomic E-state index is 0.000882. The normalized spacial score (nSPS) is 19.0. The maximum atomic E-state index is 13.9. The third-order valence-corrected chi connectivity index (χ3v) is 9.23. The Labute approximate surface area is 253 Å². The number of amides is 2. The minimum atomic E-state index is -0.460. The van der Waals surface area contributed by atoms with Gasteiger partial charge < -0.3 is 15.1 Å². The van der Waals surface area contributed by atoms with Crippen molar-refractivity contribution in [3.05, 3.63) is 58.2 Å². The van der Waals surface area contributed by atoms with Gasteiger partial charge in [-0.15, -0.1) is 0 Å². The van der Waals surface area contributed by atoms with Crippen molar-refractivity contribution in [1.82, 2.24) is 20.0 Å². The van der Waals surface area contributed by atoms with Crippen molar-refractivity contribution in [3.63, 3.8) is 0 Å². The number of benzene rings is 2. The third-order valence-electron chi connectivity index (χ3n) is 8.93. The molecule has 0 aliphatic carbocycles. The maximum absolute atomic E-state index is 13.9. The largest absolute Gasteiger partial charge is 0.388 e. The number of piperidine rings is 1. The number of para-hydroxylation sites is 1. The molecule has 2 amide bonds. The molecule has 1 aromatic heterocycles. The van der Waals surface area contributed by atoms with Gasteiger partial charge in [-0.05, 0) is 59.9 Å². The lowest BCUT2D eigenvalue weighted by molar-refractivity contribution is -0.142. The number of H-pyrrole nitrogens is 1. The molecule has 1 fully saturated rings. The number of fused-ring (bicyclic) bond motifs is 3. The molecule has 2 N–H and O–H groups in total. The van der Waals surface area contributed by atoms with Crippen molar-refractivity contribution in [3.8, 4) is 0 Å². The molecule has 0 radical (unpaired) electrons. The lowest BCUT2D eigenvalue weighted by atomic mass is 9.80. The summed E-state index contributed by atoms with van der Waals surface area (Å²) in [6.45, 7) is 10.6. The molecule has 2 aliphatic rings. The van der Waals surface area contributed by atoms with E-state index in [1.54, 1.807) is 6.20 Å². The highest BCUT2D eigenvalue weighted by Gasteiger charge is 2.36. The Hall–Kier alpha value is -3.39. The zero-order valence-electron chi connectivity index (χ0n) is 25.3. The summed E-state index contributed by atoms with van der Waals surface area (Å²) in [5.41, 5.74) is 4.29. The molecule has 1 saturated heterocycles. The summed E-state index contributed by atoms with van der Waals surface area (Å²) in [5, 5.41) is 11.8. The zero-order chi connectivity index (χ0) is 30.2. The SMILES string of the molecule is CNc1ccccc1C(=O)C(C)C1CCN(C(=O)C[C@@H]2Cc3cc(Cl)c4[nH]ncc4c3CN(CC(C)(C)C)C2=O)CC1. The van der Waals surface area contributed by atoms with Gasteiger partial charge in [-0.2, -0.15) is 5.10 Å². The summed E-state index contributed by atoms with van der Waals surface area (Å²) in [7, 11) is 1.83. The fourth-order valence-electron chi connectivity index (χ4n) is 6.66. The molecule has 0 saturated carbocycles. The van der Waals surface area contributed by atoms with E-state index in [0.717, 1.165) is 40.6 Å². The molecule has 8 nitrogen and oxygen atoms in total. The van der Waals surface area contributed by atoms with Crippen LogP contribution in [-0.2, 0) is 22.6 Å². The minimum Gasteiger partial charge on any atom is -0.388 e. The predicted molar refractivity (Wildman–Crippen MR) is 167 cm³/mol. The number of carbonyl (C=O) groups excluding carboxylic acids is 3. The van der Waals surface area contributed by atoms with Crippen molar-refractivity contribution in [2.45, 2.75) is 59.9 Å². The standard InChI is InChI=1S/C33H42ClN5O3/c1-20(31(41)24-8-6-7-9-28(24)35-5)21-10-12-38(13-11-21)29(40)16-23-14-22-15-27(34)30-25(17-36-37-30)26(22)18-39(32(23)42)19-33(2,3)4/h6-9,15,17,20-21,23,35H,10-14,16,18-19H2,1-5H3,(H,36,37)/t20?,23-/m0/s1. The summed E-state index contributed by atoms with van der Waals surface area (Å²) in [6.07, 6.45) is 3.94. The number of aromatic nitrogens is 2. The van der Waals surface area contributed by atoms with Crippen LogP contribution >= 0.6 is 11.6 Å². The van der Waals surface area contributed by atoms with Crippen molar-refractivity contribution in [2.75, 3.05) is 32.0 Å². The number of Topliss-reactive ketones (excluding diaryl/α,β-unsaturated/α-hetero) is 1. The van der Waals surface area contributed by atoms with E-state index in [9.17, 15) is 14.4 Å². The molecule has 2 atom stereocenters. The number of likely N-dealkylation sites (tertiary alicyclic amines) is 1. The van der Waals surface area contributed by atoms with Crippen LogP contribution in [-0.4, -0.2) is 64.3 Å². The topological polar surface area (TPSA) is 98.4 Å². The van der Waals surface area contributed by atoms with Gasteiger partial charge in [-0.25, -0.2) is 0 Å². The predicted octanol–water partition coefficient (Wildman–Crippen LogP) is 5.95. The number of ketones is 1. The Morgan fingerprint density at radius 1 is 1.19 bits per heavy atom. The maximum Gasteiger partial charge on any atom is 0.226 e. The van der Waals surface area contributed by atoms with Crippen molar-refractivity contribution >= 4 is 45.8 Å². The Morgan fingerprint density at radius 2 is 1.90 bits per heavy atom. The Kier molecular flexibility index (Phi) is 8.65. The van der Waals surface area contributed by atoms with Gasteiger partial charge in [0, 0.05) is 62.2 Å². The van der Waals surface area contributed by atoms with Gasteiger partial charge in [0.05, 0.1) is 22.7 Å². The second-order valence-electron chi connectivity index (χ2n) is 13.2. The first-order valence-electron chi connectivity index (χ1n) is 15.0. The van der Waals surface area contributed by atoms with E-state index >= 15 is 0 Å². The number of nitrogens with one attached hydrogen (secondary N) is 2. The van der Waals surface area contributed by atoms with Crippen LogP contribution in [0.25, 0.3) is 10.9 Å². The number of rotatable bonds is 7. The van der Waals surface area contributed by atoms with Crippen LogP contribution in [0, 0.1) is 23.2 Å². The average molecular weight is 592 g/mol. The number of hydrogen-bond donors (Lipinski definition) is 2. The smallest absolute Gasteiger partial charge is 0.226 e. The molecule has 5 rings (SSSR count). The van der Waals surface area contributed by atoms with E-state index in [2.05, 4.69) is 36.3 Å². The van der Waals surface area contributed by atoms with Crippen molar-refractivity contribution in [1.29, 1.82) is 0 Å². The molecule has 3 aromatic rings. The van der Waals surface area contributed by atoms with Crippen molar-refractivity contribution < 1.29 is 14.4 Å². The Morgan fingerprint density at radius 3 is 2.60 bits per heavy atom. The van der Waals surface area contributed by atoms with E-state index in [-0.39, 0.29) is 41.3 Å². The number of hydrogen-bond acceptors (Lipinski definition) is 5. The molecular formula is C33H42ClN5O3. The van der Waals surface area contributed by atoms with E-state index in [4.69, 9.17) is 11.6 Å². The van der Waals surface area contributed by atoms with E-state index in [0.29, 0.717) is 43.2 Å². The van der Waals surface area contributed by atoms with Crippen LogP contribution in [0.15, 0.2) is 36.5 Å². The Balaban J connectivity index is 1.29. The monoisotopic (exact) mass is 591 g/mol. The molecule has 0 bridgehead atoms. The quantitative estimate of drug-likeness (QED) is 0.331. The number of nitrogens with zero attached hydrogens (tertiary/aromatic N) is 3. The van der Waals surface area contributed by atoms with Gasteiger partial charge in [-0.3, -0.25) is 19.5 Å². The second kappa shape index (κ2) is 12.1. The van der Waals surface area contributed by atoms with Crippen LogP contribution in [0.2, 0.25) is 5.02 Å². The highest BCUT2D eigenvalue weighted by atomic mass is 35.5. The summed E-state index contributed by atoms with van der Waals surface area (Å²) in [6, 6.07) is 9.54. The number of halogens is 1. The fraction of sp³-hybridized carbons (Fsp3) is 0.515. The first-order valence-corrected chi connectivity index (χ1v) is 15.4. The van der Waals surface area contributed by atoms with Gasteiger partial charge in [-0.1, -0.05) is 51.4 Å². The second-order valence-corrected chi connectivity index (χ2v) is 13.6. The summed E-state index contributed by atoms with van der Waals surface area (Å²) in [5.74, 6) is -0.234. The average Bonchev–Trinajstić information content (AvgIpc) is 3.43. The number of carbonyl (C=O) groups is 3. The summed E-state index contributed by atoms with van der Waals surface area (Å²) in [4.78, 5) is 44.7. The van der Waals surface area contributed by atoms with Gasteiger partial charge in [0.2, 0.25) is 11.8 Å². The summed E-state index contributed by atoms with van der Waals surface area (Å²) >= 11 is 6.59. The molecule has 9 heteroatoms.